The number of rotatable bonds is 0. The second-order valence-corrected chi connectivity index (χ2v) is 2.20. The highest BCUT2D eigenvalue weighted by Gasteiger charge is 1.95. The lowest BCUT2D eigenvalue weighted by molar-refractivity contribution is 1.30. The molecule has 0 spiro atoms. The van der Waals surface area contributed by atoms with E-state index in [1.807, 2.05) is 18.2 Å². The molecule has 0 fully saturated rings. The molecule has 0 bridgehead atoms. The second kappa shape index (κ2) is 2.52. The van der Waals surface area contributed by atoms with Gasteiger partial charge in [-0.1, -0.05) is 12.2 Å². The maximum atomic E-state index is 4.08. The monoisotopic (exact) mass is 142 g/mol. The van der Waals surface area contributed by atoms with E-state index in [1.54, 1.807) is 18.5 Å². The summed E-state index contributed by atoms with van der Waals surface area (Å²) < 4.78 is 0. The molecule has 1 aliphatic heterocycles. The summed E-state index contributed by atoms with van der Waals surface area (Å²) in [6.45, 7) is 0. The summed E-state index contributed by atoms with van der Waals surface area (Å²) in [7, 11) is 0. The molecule has 11 heavy (non-hydrogen) atoms. The first-order chi connectivity index (χ1) is 5.47. The zero-order valence-electron chi connectivity index (χ0n) is 5.86. The van der Waals surface area contributed by atoms with Crippen LogP contribution in [0.2, 0.25) is 0 Å². The summed E-state index contributed by atoms with van der Waals surface area (Å²) in [6.07, 6.45) is 9.15. The Morgan fingerprint density at radius 2 is 2.36 bits per heavy atom. The molecule has 0 aromatic carbocycles. The minimum atomic E-state index is 0.921. The lowest BCUT2D eigenvalue weighted by Gasteiger charge is -1.94. The molecule has 0 radical (unpaired) electrons. The van der Waals surface area contributed by atoms with E-state index in [0.29, 0.717) is 0 Å². The zero-order valence-corrected chi connectivity index (χ0v) is 5.86. The Bertz CT molecular complexity index is 358. The van der Waals surface area contributed by atoms with Crippen molar-refractivity contribution in [2.75, 3.05) is 0 Å². The smallest absolute Gasteiger partial charge is 0.0832 e. The summed E-state index contributed by atoms with van der Waals surface area (Å²) in [6, 6.07) is 1.87. The third-order valence-electron chi connectivity index (χ3n) is 1.46. The molecule has 0 aliphatic carbocycles. The van der Waals surface area contributed by atoms with Crippen LogP contribution >= 0.6 is 0 Å². The van der Waals surface area contributed by atoms with Gasteiger partial charge in [0, 0.05) is 18.0 Å². The van der Waals surface area contributed by atoms with Crippen molar-refractivity contribution in [3.05, 3.63) is 36.2 Å². The first-order valence-corrected chi connectivity index (χ1v) is 3.37. The van der Waals surface area contributed by atoms with Crippen molar-refractivity contribution < 1.29 is 0 Å². The van der Waals surface area contributed by atoms with Gasteiger partial charge in [-0.25, -0.2) is 4.99 Å². The lowest BCUT2D eigenvalue weighted by atomic mass is 10.2. The number of aromatic nitrogens is 1. The standard InChI is InChI=1S/C9H6N2/c1-2-5-11-9-4-6-10-7-8(9)3-1/h1-4,6-7H. The largest absolute Gasteiger partial charge is 0.264 e. The van der Waals surface area contributed by atoms with E-state index in [-0.39, 0.29) is 0 Å². The van der Waals surface area contributed by atoms with Gasteiger partial charge in [-0.2, -0.15) is 0 Å². The molecule has 0 saturated carbocycles. The topological polar surface area (TPSA) is 25.2 Å². The fourth-order valence-electron chi connectivity index (χ4n) is 0.931. The molecule has 2 rings (SSSR count). The van der Waals surface area contributed by atoms with Gasteiger partial charge in [0.2, 0.25) is 0 Å². The second-order valence-electron chi connectivity index (χ2n) is 2.20. The molecule has 2 heteroatoms. The number of aliphatic imine (C=N–C) groups is 1. The van der Waals surface area contributed by atoms with E-state index in [9.17, 15) is 0 Å². The van der Waals surface area contributed by atoms with Crippen LogP contribution in [0.1, 0.15) is 5.56 Å². The van der Waals surface area contributed by atoms with Crippen LogP contribution in [0.25, 0.3) is 6.08 Å². The zero-order chi connectivity index (χ0) is 7.52. The van der Waals surface area contributed by atoms with E-state index in [0.717, 1.165) is 11.3 Å². The number of pyridine rings is 1. The van der Waals surface area contributed by atoms with Gasteiger partial charge in [-0.15, -0.1) is 0 Å². The first kappa shape index (κ1) is 6.08. The van der Waals surface area contributed by atoms with Crippen LogP contribution in [0.15, 0.2) is 35.6 Å². The van der Waals surface area contributed by atoms with Gasteiger partial charge in [-0.3, -0.25) is 4.98 Å². The lowest BCUT2D eigenvalue weighted by Crippen LogP contribution is -1.74. The van der Waals surface area contributed by atoms with E-state index >= 15 is 0 Å². The highest BCUT2D eigenvalue weighted by atomic mass is 14.7. The molecule has 2 heterocycles. The summed E-state index contributed by atoms with van der Waals surface area (Å²) in [4.78, 5) is 8.07. The molecule has 0 atom stereocenters. The van der Waals surface area contributed by atoms with Gasteiger partial charge >= 0.3 is 0 Å². The fourth-order valence-corrected chi connectivity index (χ4v) is 0.931. The van der Waals surface area contributed by atoms with Crippen molar-refractivity contribution >= 4 is 17.6 Å². The number of fused-ring (bicyclic) bond motifs is 1. The molecule has 0 saturated heterocycles. The highest BCUT2D eigenvalue weighted by Crippen LogP contribution is 2.18. The van der Waals surface area contributed by atoms with Crippen molar-refractivity contribution in [1.29, 1.82) is 0 Å². The summed E-state index contributed by atoms with van der Waals surface area (Å²) >= 11 is 0. The van der Waals surface area contributed by atoms with Gasteiger partial charge in [0.25, 0.3) is 0 Å². The Morgan fingerprint density at radius 3 is 3.36 bits per heavy atom. The average Bonchev–Trinajstić information content (AvgIpc) is 2.28. The van der Waals surface area contributed by atoms with Crippen LogP contribution in [0, 0.1) is 0 Å². The van der Waals surface area contributed by atoms with Crippen LogP contribution in [0.4, 0.5) is 5.69 Å². The molecule has 0 amide bonds. The van der Waals surface area contributed by atoms with E-state index in [1.165, 1.54) is 0 Å². The number of hydrogen-bond donors (Lipinski definition) is 0. The highest BCUT2D eigenvalue weighted by molar-refractivity contribution is 5.73. The molecule has 0 unspecified atom stereocenters. The maximum Gasteiger partial charge on any atom is 0.0832 e. The Balaban J connectivity index is 2.67. The number of hydrogen-bond acceptors (Lipinski definition) is 2. The molecular weight excluding hydrogens is 136 g/mol. The average molecular weight is 142 g/mol. The summed E-state index contributed by atoms with van der Waals surface area (Å²) in [5.41, 5.74) is 1.96. The Morgan fingerprint density at radius 1 is 1.36 bits per heavy atom. The van der Waals surface area contributed by atoms with Crippen LogP contribution in [-0.4, -0.2) is 10.9 Å². The SMILES string of the molecule is C1=CC=Cc2cnccc2N=1. The van der Waals surface area contributed by atoms with Gasteiger partial charge < -0.3 is 0 Å². The fraction of sp³-hybridized carbons (Fsp3) is 0. The quantitative estimate of drug-likeness (QED) is 0.543. The Hall–Kier alpha value is -1.66. The molecular formula is C9H6N2. The van der Waals surface area contributed by atoms with Crippen molar-refractivity contribution in [2.45, 2.75) is 0 Å². The summed E-state index contributed by atoms with van der Waals surface area (Å²) in [5.74, 6) is 2.79. The Labute approximate surface area is 64.6 Å². The molecule has 1 aromatic heterocycles. The molecule has 52 valence electrons. The van der Waals surface area contributed by atoms with E-state index in [4.69, 9.17) is 0 Å². The van der Waals surface area contributed by atoms with E-state index < -0.39 is 0 Å². The third-order valence-corrected chi connectivity index (χ3v) is 1.46. The van der Waals surface area contributed by atoms with Crippen molar-refractivity contribution in [3.63, 3.8) is 0 Å². The van der Waals surface area contributed by atoms with E-state index in [2.05, 4.69) is 15.8 Å². The van der Waals surface area contributed by atoms with Crippen LogP contribution in [0.5, 0.6) is 0 Å². The minimum absolute atomic E-state index is 0.921. The van der Waals surface area contributed by atoms with Crippen molar-refractivity contribution in [1.82, 2.24) is 4.98 Å². The third kappa shape index (κ3) is 1.11. The molecule has 1 aromatic rings. The Kier molecular flexibility index (Phi) is 1.39. The normalized spacial score (nSPS) is 12.7. The predicted octanol–water partition coefficient (Wildman–Crippen LogP) is 1.97. The first-order valence-electron chi connectivity index (χ1n) is 3.37. The maximum absolute atomic E-state index is 4.08. The van der Waals surface area contributed by atoms with Crippen molar-refractivity contribution in [2.24, 2.45) is 4.99 Å². The molecule has 1 aliphatic rings. The minimum Gasteiger partial charge on any atom is -0.264 e. The van der Waals surface area contributed by atoms with Crippen molar-refractivity contribution in [3.8, 4) is 0 Å². The van der Waals surface area contributed by atoms with Crippen LogP contribution in [0.3, 0.4) is 0 Å². The molecule has 2 nitrogen and oxygen atoms in total. The van der Waals surface area contributed by atoms with Gasteiger partial charge in [0.05, 0.1) is 5.69 Å². The van der Waals surface area contributed by atoms with Crippen LogP contribution in [-0.2, 0) is 0 Å². The van der Waals surface area contributed by atoms with Crippen LogP contribution < -0.4 is 0 Å². The predicted molar refractivity (Wildman–Crippen MR) is 44.9 cm³/mol. The van der Waals surface area contributed by atoms with Gasteiger partial charge in [0.15, 0.2) is 0 Å². The molecule has 0 N–H and O–H groups in total. The summed E-state index contributed by atoms with van der Waals surface area (Å²) in [5, 5.41) is 0. The van der Waals surface area contributed by atoms with Gasteiger partial charge in [0.1, 0.15) is 0 Å². The van der Waals surface area contributed by atoms with Gasteiger partial charge in [-0.05, 0) is 18.0 Å². The number of allylic oxidation sites excluding steroid dienone is 2. The number of nitrogens with zero attached hydrogens (tertiary/aromatic N) is 2.